The highest BCUT2D eigenvalue weighted by Gasteiger charge is 2.20. The quantitative estimate of drug-likeness (QED) is 0.686. The van der Waals surface area contributed by atoms with Gasteiger partial charge in [0.15, 0.2) is 0 Å². The van der Waals surface area contributed by atoms with E-state index < -0.39 is 5.60 Å². The van der Waals surface area contributed by atoms with Crippen LogP contribution in [0.5, 0.6) is 5.75 Å². The average molecular weight is 326 g/mol. The Kier molecular flexibility index (Phi) is 3.95. The van der Waals surface area contributed by atoms with E-state index in [0.29, 0.717) is 0 Å². The fourth-order valence-electron chi connectivity index (χ4n) is 2.99. The number of methoxy groups -OCH3 is 1. The summed E-state index contributed by atoms with van der Waals surface area (Å²) in [6.45, 7) is 7.69. The van der Waals surface area contributed by atoms with Crippen LogP contribution in [0, 0.1) is 6.92 Å². The van der Waals surface area contributed by atoms with Gasteiger partial charge in [0, 0.05) is 23.0 Å². The molecule has 0 amide bonds. The zero-order chi connectivity index (χ0) is 17.5. The molecule has 3 aromatic rings. The van der Waals surface area contributed by atoms with Crippen molar-refractivity contribution in [2.24, 2.45) is 0 Å². The normalized spacial score (nSPS) is 11.9. The van der Waals surface area contributed by atoms with Crippen LogP contribution in [0.2, 0.25) is 0 Å². The van der Waals surface area contributed by atoms with E-state index in [9.17, 15) is 4.79 Å². The summed E-state index contributed by atoms with van der Waals surface area (Å²) in [7, 11) is 1.63. The van der Waals surface area contributed by atoms with Crippen molar-refractivity contribution in [1.29, 1.82) is 0 Å². The van der Waals surface area contributed by atoms with Gasteiger partial charge in [-0.25, -0.2) is 0 Å². The number of pyridine rings is 1. The van der Waals surface area contributed by atoms with E-state index in [1.165, 1.54) is 0 Å². The van der Waals surface area contributed by atoms with Gasteiger partial charge in [-0.2, -0.15) is 0 Å². The van der Waals surface area contributed by atoms with Gasteiger partial charge in [0.25, 0.3) is 0 Å². The maximum absolute atomic E-state index is 12.4. The first-order chi connectivity index (χ1) is 11.3. The molecule has 0 aliphatic carbocycles. The molecule has 0 unspecified atom stereocenters. The minimum atomic E-state index is -0.513. The molecule has 0 aliphatic rings. The SMILES string of the molecule is COc1ccc2c3ccnc(C)c3n(CC(=O)OC(C)(C)C)c2c1. The van der Waals surface area contributed by atoms with Crippen molar-refractivity contribution in [3.8, 4) is 5.75 Å². The van der Waals surface area contributed by atoms with Crippen molar-refractivity contribution >= 4 is 27.8 Å². The smallest absolute Gasteiger partial charge is 0.326 e. The molecule has 0 fully saturated rings. The average Bonchev–Trinajstić information content (AvgIpc) is 2.80. The molecule has 126 valence electrons. The molecule has 2 heterocycles. The Morgan fingerprint density at radius 2 is 1.96 bits per heavy atom. The molecular weight excluding hydrogens is 304 g/mol. The largest absolute Gasteiger partial charge is 0.497 e. The molecule has 24 heavy (non-hydrogen) atoms. The van der Waals surface area contributed by atoms with Gasteiger partial charge >= 0.3 is 5.97 Å². The first kappa shape index (κ1) is 16.3. The summed E-state index contributed by atoms with van der Waals surface area (Å²) in [4.78, 5) is 16.8. The lowest BCUT2D eigenvalue weighted by Gasteiger charge is -2.20. The third-order valence-corrected chi connectivity index (χ3v) is 3.87. The minimum absolute atomic E-state index is 0.136. The van der Waals surface area contributed by atoms with Gasteiger partial charge in [-0.3, -0.25) is 9.78 Å². The topological polar surface area (TPSA) is 53.4 Å². The fraction of sp³-hybridized carbons (Fsp3) is 0.368. The van der Waals surface area contributed by atoms with Gasteiger partial charge in [0.1, 0.15) is 17.9 Å². The first-order valence-corrected chi connectivity index (χ1v) is 7.93. The van der Waals surface area contributed by atoms with E-state index in [4.69, 9.17) is 9.47 Å². The highest BCUT2D eigenvalue weighted by Crippen LogP contribution is 2.32. The molecular formula is C19H22N2O3. The summed E-state index contributed by atoms with van der Waals surface area (Å²) in [5.74, 6) is 0.480. The maximum atomic E-state index is 12.4. The number of aryl methyl sites for hydroxylation is 1. The second-order valence-corrected chi connectivity index (χ2v) is 6.85. The molecule has 0 N–H and O–H groups in total. The van der Waals surface area contributed by atoms with Crippen molar-refractivity contribution in [2.75, 3.05) is 7.11 Å². The van der Waals surface area contributed by atoms with E-state index >= 15 is 0 Å². The fourth-order valence-corrected chi connectivity index (χ4v) is 2.99. The van der Waals surface area contributed by atoms with Gasteiger partial charge in [0.05, 0.1) is 23.8 Å². The van der Waals surface area contributed by atoms with E-state index in [-0.39, 0.29) is 12.5 Å². The highest BCUT2D eigenvalue weighted by molar-refractivity contribution is 6.09. The summed E-state index contributed by atoms with van der Waals surface area (Å²) >= 11 is 0. The Balaban J connectivity index is 2.20. The van der Waals surface area contributed by atoms with Crippen LogP contribution in [-0.4, -0.2) is 28.2 Å². The summed E-state index contributed by atoms with van der Waals surface area (Å²) in [6, 6.07) is 7.86. The van der Waals surface area contributed by atoms with Crippen LogP contribution in [-0.2, 0) is 16.1 Å². The number of esters is 1. The molecule has 0 radical (unpaired) electrons. The molecule has 0 spiro atoms. The van der Waals surface area contributed by atoms with E-state index in [2.05, 4.69) is 4.98 Å². The minimum Gasteiger partial charge on any atom is -0.497 e. The second kappa shape index (κ2) is 5.82. The predicted molar refractivity (Wildman–Crippen MR) is 94.4 cm³/mol. The molecule has 2 aromatic heterocycles. The van der Waals surface area contributed by atoms with Crippen LogP contribution in [0.15, 0.2) is 30.5 Å². The lowest BCUT2D eigenvalue weighted by molar-refractivity contribution is -0.155. The van der Waals surface area contributed by atoms with Gasteiger partial charge in [-0.1, -0.05) is 0 Å². The van der Waals surface area contributed by atoms with Crippen molar-refractivity contribution in [2.45, 2.75) is 39.8 Å². The molecule has 5 heteroatoms. The molecule has 1 aromatic carbocycles. The summed E-state index contributed by atoms with van der Waals surface area (Å²) in [5, 5.41) is 2.14. The zero-order valence-corrected chi connectivity index (χ0v) is 14.7. The Morgan fingerprint density at radius 1 is 1.21 bits per heavy atom. The third kappa shape index (κ3) is 2.94. The predicted octanol–water partition coefficient (Wildman–Crippen LogP) is 3.85. The van der Waals surface area contributed by atoms with Crippen LogP contribution in [0.25, 0.3) is 21.8 Å². The van der Waals surface area contributed by atoms with Crippen molar-refractivity contribution in [3.63, 3.8) is 0 Å². The summed E-state index contributed by atoms with van der Waals surface area (Å²) < 4.78 is 12.8. The Bertz CT molecular complexity index is 920. The number of benzene rings is 1. The number of nitrogens with zero attached hydrogens (tertiary/aromatic N) is 2. The number of carbonyl (C=O) groups excluding carboxylic acids is 1. The highest BCUT2D eigenvalue weighted by atomic mass is 16.6. The van der Waals surface area contributed by atoms with Gasteiger partial charge in [-0.15, -0.1) is 0 Å². The van der Waals surface area contributed by atoms with Gasteiger partial charge < -0.3 is 14.0 Å². The van der Waals surface area contributed by atoms with E-state index in [1.54, 1.807) is 13.3 Å². The molecule has 0 saturated carbocycles. The Labute approximate surface area is 141 Å². The number of aromatic nitrogens is 2. The molecule has 0 saturated heterocycles. The molecule has 0 bridgehead atoms. The molecule has 0 aliphatic heterocycles. The number of fused-ring (bicyclic) bond motifs is 3. The molecule has 5 nitrogen and oxygen atoms in total. The van der Waals surface area contributed by atoms with E-state index in [0.717, 1.165) is 33.2 Å². The maximum Gasteiger partial charge on any atom is 0.326 e. The summed E-state index contributed by atoms with van der Waals surface area (Å²) in [6.07, 6.45) is 1.79. The second-order valence-electron chi connectivity index (χ2n) is 6.85. The zero-order valence-electron chi connectivity index (χ0n) is 14.7. The monoisotopic (exact) mass is 326 g/mol. The van der Waals surface area contributed by atoms with Crippen LogP contribution in [0.3, 0.4) is 0 Å². The van der Waals surface area contributed by atoms with Crippen LogP contribution in [0.4, 0.5) is 0 Å². The number of carbonyl (C=O) groups is 1. The van der Waals surface area contributed by atoms with Crippen molar-refractivity contribution in [3.05, 3.63) is 36.2 Å². The molecule has 0 atom stereocenters. The lowest BCUT2D eigenvalue weighted by Crippen LogP contribution is -2.26. The standard InChI is InChI=1S/C19H22N2O3/c1-12-18-15(8-9-20-12)14-7-6-13(23-5)10-16(14)21(18)11-17(22)24-19(2,3)4/h6-10H,11H2,1-5H3. The number of hydrogen-bond acceptors (Lipinski definition) is 4. The van der Waals surface area contributed by atoms with Gasteiger partial charge in [-0.05, 0) is 45.9 Å². The van der Waals surface area contributed by atoms with Crippen LogP contribution < -0.4 is 4.74 Å². The third-order valence-electron chi connectivity index (χ3n) is 3.87. The van der Waals surface area contributed by atoms with Gasteiger partial charge in [0.2, 0.25) is 0 Å². The first-order valence-electron chi connectivity index (χ1n) is 7.93. The lowest BCUT2D eigenvalue weighted by atomic mass is 10.1. The number of rotatable bonds is 3. The van der Waals surface area contributed by atoms with Crippen LogP contribution in [0.1, 0.15) is 26.5 Å². The Hall–Kier alpha value is -2.56. The number of ether oxygens (including phenoxy) is 2. The Morgan fingerprint density at radius 3 is 2.62 bits per heavy atom. The molecule has 3 rings (SSSR count). The van der Waals surface area contributed by atoms with Crippen molar-refractivity contribution in [1.82, 2.24) is 9.55 Å². The van der Waals surface area contributed by atoms with Crippen LogP contribution >= 0.6 is 0 Å². The number of hydrogen-bond donors (Lipinski definition) is 0. The summed E-state index contributed by atoms with van der Waals surface area (Å²) in [5.41, 5.74) is 2.25. The van der Waals surface area contributed by atoms with E-state index in [1.807, 2.05) is 56.5 Å². The van der Waals surface area contributed by atoms with Crippen molar-refractivity contribution < 1.29 is 14.3 Å².